The van der Waals surface area contributed by atoms with Gasteiger partial charge in [-0.25, -0.2) is 4.98 Å². The molecule has 0 radical (unpaired) electrons. The Morgan fingerprint density at radius 1 is 1.36 bits per heavy atom. The number of hydrogen-bond donors (Lipinski definition) is 1. The summed E-state index contributed by atoms with van der Waals surface area (Å²) in [6, 6.07) is 9.22. The van der Waals surface area contributed by atoms with E-state index in [4.69, 9.17) is 16.7 Å². The Labute approximate surface area is 153 Å². The van der Waals surface area contributed by atoms with Crippen LogP contribution in [-0.4, -0.2) is 20.6 Å². The van der Waals surface area contributed by atoms with Crippen LogP contribution < -0.4 is 5.56 Å². The molecule has 0 atom stereocenters. The Kier molecular flexibility index (Phi) is 5.20. The first kappa shape index (κ1) is 17.6. The van der Waals surface area contributed by atoms with Gasteiger partial charge in [0.2, 0.25) is 0 Å². The topological polar surface area (TPSA) is 72.2 Å². The minimum Gasteiger partial charge on any atom is -0.481 e. The first-order valence-corrected chi connectivity index (χ1v) is 9.15. The molecule has 2 heterocycles. The number of aliphatic carboxylic acids is 1. The zero-order valence-corrected chi connectivity index (χ0v) is 15.2. The van der Waals surface area contributed by atoms with Crippen LogP contribution in [0.4, 0.5) is 0 Å². The monoisotopic (exact) mass is 376 g/mol. The molecular weight excluding hydrogens is 360 g/mol. The predicted octanol–water partition coefficient (Wildman–Crippen LogP) is 3.74. The fourth-order valence-electron chi connectivity index (χ4n) is 2.68. The maximum Gasteiger partial charge on any atom is 0.305 e. The van der Waals surface area contributed by atoms with Gasteiger partial charge in [-0.15, -0.1) is 11.3 Å². The molecule has 0 bridgehead atoms. The van der Waals surface area contributed by atoms with Crippen LogP contribution in [0.2, 0.25) is 5.02 Å². The number of nitrogens with zero attached hydrogens (tertiary/aromatic N) is 2. The van der Waals surface area contributed by atoms with Crippen molar-refractivity contribution in [1.29, 1.82) is 0 Å². The summed E-state index contributed by atoms with van der Waals surface area (Å²) in [6.45, 7) is 2.13. The molecule has 1 N–H and O–H groups in total. The second kappa shape index (κ2) is 7.37. The third-order valence-corrected chi connectivity index (χ3v) is 5.34. The van der Waals surface area contributed by atoms with Crippen molar-refractivity contribution in [2.75, 3.05) is 0 Å². The molecule has 1 aromatic carbocycles. The fraction of sp³-hybridized carbons (Fsp3) is 0.278. The number of benzene rings is 1. The van der Waals surface area contributed by atoms with Gasteiger partial charge in [0.1, 0.15) is 10.7 Å². The molecule has 0 aliphatic heterocycles. The van der Waals surface area contributed by atoms with Gasteiger partial charge in [-0.1, -0.05) is 30.7 Å². The number of halogens is 1. The van der Waals surface area contributed by atoms with E-state index in [0.717, 1.165) is 16.9 Å². The number of rotatable bonds is 6. The number of hydrogen-bond acceptors (Lipinski definition) is 4. The molecule has 5 nitrogen and oxygen atoms in total. The molecule has 0 amide bonds. The molecule has 0 unspecified atom stereocenters. The standard InChI is InChI=1S/C18H17ClN2O3S/c1-2-13-10-14-17(25-13)20-15(9-11-4-3-5-12(19)8-11)21(18(14)24)7-6-16(22)23/h3-5,8,10H,2,6-7,9H2,1H3,(H,22,23). The van der Waals surface area contributed by atoms with Crippen molar-refractivity contribution in [2.45, 2.75) is 32.7 Å². The molecular formula is C18H17ClN2O3S. The Morgan fingerprint density at radius 2 is 2.16 bits per heavy atom. The molecule has 130 valence electrons. The average molecular weight is 377 g/mol. The van der Waals surface area contributed by atoms with E-state index in [-0.39, 0.29) is 18.5 Å². The van der Waals surface area contributed by atoms with Crippen LogP contribution >= 0.6 is 22.9 Å². The van der Waals surface area contributed by atoms with Crippen LogP contribution in [0.15, 0.2) is 35.1 Å². The zero-order chi connectivity index (χ0) is 18.0. The van der Waals surface area contributed by atoms with Gasteiger partial charge in [-0.05, 0) is 30.2 Å². The largest absolute Gasteiger partial charge is 0.481 e. The predicted molar refractivity (Wildman–Crippen MR) is 99.8 cm³/mol. The van der Waals surface area contributed by atoms with Crippen LogP contribution in [0.3, 0.4) is 0 Å². The van der Waals surface area contributed by atoms with E-state index >= 15 is 0 Å². The smallest absolute Gasteiger partial charge is 0.305 e. The molecule has 0 spiro atoms. The minimum absolute atomic E-state index is 0.101. The van der Waals surface area contributed by atoms with Gasteiger partial charge >= 0.3 is 5.97 Å². The maximum atomic E-state index is 12.9. The Bertz CT molecular complexity index is 994. The van der Waals surface area contributed by atoms with Gasteiger partial charge in [0.05, 0.1) is 11.8 Å². The summed E-state index contributed by atoms with van der Waals surface area (Å²) >= 11 is 7.54. The van der Waals surface area contributed by atoms with Crippen molar-refractivity contribution in [2.24, 2.45) is 0 Å². The van der Waals surface area contributed by atoms with Crippen molar-refractivity contribution in [1.82, 2.24) is 9.55 Å². The van der Waals surface area contributed by atoms with Crippen LogP contribution in [0.25, 0.3) is 10.2 Å². The summed E-state index contributed by atoms with van der Waals surface area (Å²) in [5.41, 5.74) is 0.745. The molecule has 7 heteroatoms. The van der Waals surface area contributed by atoms with E-state index in [1.165, 1.54) is 15.9 Å². The van der Waals surface area contributed by atoms with Gasteiger partial charge in [0.25, 0.3) is 5.56 Å². The number of aryl methyl sites for hydroxylation is 1. The van der Waals surface area contributed by atoms with Crippen molar-refractivity contribution in [3.63, 3.8) is 0 Å². The first-order valence-electron chi connectivity index (χ1n) is 7.96. The van der Waals surface area contributed by atoms with Crippen molar-refractivity contribution in [3.05, 3.63) is 62.0 Å². The van der Waals surface area contributed by atoms with Crippen LogP contribution in [0, 0.1) is 0 Å². The Morgan fingerprint density at radius 3 is 2.84 bits per heavy atom. The SMILES string of the molecule is CCc1cc2c(=O)n(CCC(=O)O)c(Cc3cccc(Cl)c3)nc2s1. The quantitative estimate of drug-likeness (QED) is 0.711. The fourth-order valence-corrected chi connectivity index (χ4v) is 3.87. The lowest BCUT2D eigenvalue weighted by atomic mass is 10.1. The normalized spacial score (nSPS) is 11.1. The van der Waals surface area contributed by atoms with Gasteiger partial charge in [0.15, 0.2) is 0 Å². The van der Waals surface area contributed by atoms with Crippen LogP contribution in [0.5, 0.6) is 0 Å². The number of aromatic nitrogens is 2. The summed E-state index contributed by atoms with van der Waals surface area (Å²) in [5, 5.41) is 10.2. The molecule has 0 saturated heterocycles. The van der Waals surface area contributed by atoms with Gasteiger partial charge in [0, 0.05) is 22.9 Å². The highest BCUT2D eigenvalue weighted by Crippen LogP contribution is 2.23. The number of thiophene rings is 1. The summed E-state index contributed by atoms with van der Waals surface area (Å²) in [6.07, 6.45) is 1.13. The van der Waals surface area contributed by atoms with E-state index < -0.39 is 5.97 Å². The molecule has 0 aliphatic rings. The molecule has 0 saturated carbocycles. The molecule has 3 rings (SSSR count). The van der Waals surface area contributed by atoms with E-state index in [2.05, 4.69) is 4.98 Å². The van der Waals surface area contributed by atoms with E-state index in [1.54, 1.807) is 6.07 Å². The molecule has 0 aliphatic carbocycles. The number of carboxylic acid groups (broad SMARTS) is 1. The molecule has 0 fully saturated rings. The van der Waals surface area contributed by atoms with Gasteiger partial charge < -0.3 is 5.11 Å². The van der Waals surface area contributed by atoms with Crippen LogP contribution in [0.1, 0.15) is 29.6 Å². The Balaban J connectivity index is 2.11. The lowest BCUT2D eigenvalue weighted by molar-refractivity contribution is -0.137. The summed E-state index contributed by atoms with van der Waals surface area (Å²) in [4.78, 5) is 30.3. The highest BCUT2D eigenvalue weighted by molar-refractivity contribution is 7.18. The third-order valence-electron chi connectivity index (χ3n) is 3.93. The molecule has 3 aromatic rings. The zero-order valence-electron chi connectivity index (χ0n) is 13.7. The second-order valence-electron chi connectivity index (χ2n) is 5.72. The maximum absolute atomic E-state index is 12.9. The third kappa shape index (κ3) is 3.91. The van der Waals surface area contributed by atoms with Crippen LogP contribution in [-0.2, 0) is 24.2 Å². The number of carboxylic acids is 1. The minimum atomic E-state index is -0.944. The lowest BCUT2D eigenvalue weighted by Gasteiger charge is -2.11. The summed E-state index contributed by atoms with van der Waals surface area (Å²) in [7, 11) is 0. The first-order chi connectivity index (χ1) is 12.0. The summed E-state index contributed by atoms with van der Waals surface area (Å²) < 4.78 is 1.48. The van der Waals surface area contributed by atoms with Gasteiger partial charge in [-0.3, -0.25) is 14.2 Å². The number of fused-ring (bicyclic) bond motifs is 1. The second-order valence-corrected chi connectivity index (χ2v) is 7.27. The molecule has 2 aromatic heterocycles. The lowest BCUT2D eigenvalue weighted by Crippen LogP contribution is -2.26. The average Bonchev–Trinajstić information content (AvgIpc) is 2.98. The van der Waals surface area contributed by atoms with E-state index in [1.807, 2.05) is 31.2 Å². The summed E-state index contributed by atoms with van der Waals surface area (Å²) in [5.74, 6) is -0.384. The number of carbonyl (C=O) groups is 1. The van der Waals surface area contributed by atoms with Crippen molar-refractivity contribution >= 4 is 39.1 Å². The highest BCUT2D eigenvalue weighted by Gasteiger charge is 2.15. The van der Waals surface area contributed by atoms with E-state index in [9.17, 15) is 9.59 Å². The van der Waals surface area contributed by atoms with Gasteiger partial charge in [-0.2, -0.15) is 0 Å². The highest BCUT2D eigenvalue weighted by atomic mass is 35.5. The van der Waals surface area contributed by atoms with Crippen molar-refractivity contribution in [3.8, 4) is 0 Å². The van der Waals surface area contributed by atoms with Crippen molar-refractivity contribution < 1.29 is 9.90 Å². The van der Waals surface area contributed by atoms with E-state index in [0.29, 0.717) is 27.5 Å². The Hall–Kier alpha value is -2.18. The molecule has 25 heavy (non-hydrogen) atoms.